The smallest absolute Gasteiger partial charge is 0.408 e. The van der Waals surface area contributed by atoms with E-state index in [2.05, 4.69) is 54.4 Å². The number of fused-ring (bicyclic) bond motifs is 1. The van der Waals surface area contributed by atoms with Crippen molar-refractivity contribution in [3.05, 3.63) is 60.7 Å². The molecular formula is C26H34N4O2. The van der Waals surface area contributed by atoms with Gasteiger partial charge in [-0.1, -0.05) is 18.2 Å². The Balaban J connectivity index is 2.04. The molecule has 1 aromatic carbocycles. The number of benzene rings is 1. The third-order valence-electron chi connectivity index (χ3n) is 4.99. The quantitative estimate of drug-likeness (QED) is 0.478. The summed E-state index contributed by atoms with van der Waals surface area (Å²) in [7, 11) is 0. The van der Waals surface area contributed by atoms with E-state index in [4.69, 9.17) is 9.72 Å². The monoisotopic (exact) mass is 434 g/mol. The molecule has 0 saturated carbocycles. The van der Waals surface area contributed by atoms with E-state index in [0.717, 1.165) is 33.7 Å². The number of aromatic nitrogens is 3. The number of amides is 1. The second-order valence-corrected chi connectivity index (χ2v) is 10.1. The molecule has 0 saturated heterocycles. The Morgan fingerprint density at radius 2 is 1.88 bits per heavy atom. The molecule has 1 amide bonds. The summed E-state index contributed by atoms with van der Waals surface area (Å²) in [6.45, 7) is 17.8. The van der Waals surface area contributed by atoms with Crippen LogP contribution in [0, 0.1) is 6.92 Å². The molecule has 3 rings (SSSR count). The number of aryl methyl sites for hydroxylation is 1. The fourth-order valence-electron chi connectivity index (χ4n) is 3.55. The van der Waals surface area contributed by atoms with Crippen molar-refractivity contribution in [1.29, 1.82) is 0 Å². The van der Waals surface area contributed by atoms with Crippen molar-refractivity contribution in [1.82, 2.24) is 19.9 Å². The fraction of sp³-hybridized carbons (Fsp3) is 0.423. The van der Waals surface area contributed by atoms with Gasteiger partial charge >= 0.3 is 6.09 Å². The zero-order valence-electron chi connectivity index (χ0n) is 20.2. The van der Waals surface area contributed by atoms with Gasteiger partial charge in [0.25, 0.3) is 0 Å². The summed E-state index contributed by atoms with van der Waals surface area (Å²) in [5.74, 6) is 0.764. The summed E-state index contributed by atoms with van der Waals surface area (Å²) >= 11 is 0. The Labute approximate surface area is 190 Å². The highest BCUT2D eigenvalue weighted by atomic mass is 16.6. The van der Waals surface area contributed by atoms with Gasteiger partial charge in [0.05, 0.1) is 17.3 Å². The van der Waals surface area contributed by atoms with Crippen LogP contribution < -0.4 is 5.32 Å². The van der Waals surface area contributed by atoms with E-state index in [1.165, 1.54) is 0 Å². The van der Waals surface area contributed by atoms with E-state index in [9.17, 15) is 4.79 Å². The molecule has 0 unspecified atom stereocenters. The second-order valence-electron chi connectivity index (χ2n) is 10.1. The number of carbonyl (C=O) groups excluding carboxylic acids is 1. The van der Waals surface area contributed by atoms with Gasteiger partial charge < -0.3 is 14.6 Å². The number of nitrogens with zero attached hydrogens (tertiary/aromatic N) is 3. The van der Waals surface area contributed by atoms with Crippen molar-refractivity contribution < 1.29 is 9.53 Å². The maximum absolute atomic E-state index is 12.5. The summed E-state index contributed by atoms with van der Waals surface area (Å²) in [4.78, 5) is 22.1. The van der Waals surface area contributed by atoms with Gasteiger partial charge in [-0.2, -0.15) is 0 Å². The highest BCUT2D eigenvalue weighted by Crippen LogP contribution is 2.30. The van der Waals surface area contributed by atoms with Gasteiger partial charge in [-0.3, -0.25) is 4.98 Å². The second kappa shape index (κ2) is 8.77. The van der Waals surface area contributed by atoms with Gasteiger partial charge in [-0.25, -0.2) is 9.78 Å². The van der Waals surface area contributed by atoms with Gasteiger partial charge in [0.15, 0.2) is 0 Å². The van der Waals surface area contributed by atoms with Crippen molar-refractivity contribution in [2.24, 2.45) is 0 Å². The van der Waals surface area contributed by atoms with Crippen molar-refractivity contribution >= 4 is 17.0 Å². The lowest BCUT2D eigenvalue weighted by Crippen LogP contribution is -2.37. The summed E-state index contributed by atoms with van der Waals surface area (Å²) in [5.41, 5.74) is 2.99. The highest BCUT2D eigenvalue weighted by molar-refractivity contribution is 5.84. The average molecular weight is 435 g/mol. The third-order valence-corrected chi connectivity index (χ3v) is 4.99. The van der Waals surface area contributed by atoms with Gasteiger partial charge in [-0.05, 0) is 73.1 Å². The number of hydrogen-bond donors (Lipinski definition) is 1. The number of alkyl carbamates (subject to hydrolysis) is 1. The molecular weight excluding hydrogens is 400 g/mol. The molecule has 6 nitrogen and oxygen atoms in total. The molecule has 170 valence electrons. The molecule has 3 aromatic rings. The third kappa shape index (κ3) is 5.55. The molecule has 0 bridgehead atoms. The minimum absolute atomic E-state index is 0.231. The number of imidazole rings is 1. The first-order valence-electron chi connectivity index (χ1n) is 11.0. The van der Waals surface area contributed by atoms with Crippen LogP contribution in [0.3, 0.4) is 0 Å². The van der Waals surface area contributed by atoms with E-state index in [-0.39, 0.29) is 11.6 Å². The summed E-state index contributed by atoms with van der Waals surface area (Å²) in [6.07, 6.45) is 3.90. The summed E-state index contributed by atoms with van der Waals surface area (Å²) in [6, 6.07) is 9.89. The topological polar surface area (TPSA) is 69.0 Å². The van der Waals surface area contributed by atoms with Crippen LogP contribution in [0.1, 0.15) is 65.5 Å². The Bertz CT molecular complexity index is 1130. The first-order chi connectivity index (χ1) is 14.9. The lowest BCUT2D eigenvalue weighted by molar-refractivity contribution is 0.0499. The number of pyridine rings is 1. The van der Waals surface area contributed by atoms with E-state index in [0.29, 0.717) is 6.42 Å². The summed E-state index contributed by atoms with van der Waals surface area (Å²) < 4.78 is 7.60. The van der Waals surface area contributed by atoms with E-state index in [1.807, 2.05) is 52.1 Å². The van der Waals surface area contributed by atoms with Crippen LogP contribution in [0.4, 0.5) is 4.79 Å². The Morgan fingerprint density at radius 1 is 1.16 bits per heavy atom. The molecule has 1 atom stereocenters. The van der Waals surface area contributed by atoms with Crippen molar-refractivity contribution in [2.75, 3.05) is 0 Å². The molecule has 0 fully saturated rings. The molecule has 32 heavy (non-hydrogen) atoms. The molecule has 0 spiro atoms. The maximum Gasteiger partial charge on any atom is 0.408 e. The highest BCUT2D eigenvalue weighted by Gasteiger charge is 2.27. The van der Waals surface area contributed by atoms with Crippen LogP contribution in [0.5, 0.6) is 0 Å². The van der Waals surface area contributed by atoms with E-state index in [1.54, 1.807) is 6.08 Å². The van der Waals surface area contributed by atoms with Crippen molar-refractivity contribution in [2.45, 2.75) is 72.1 Å². The van der Waals surface area contributed by atoms with Crippen LogP contribution in [0.15, 0.2) is 49.2 Å². The Hall–Kier alpha value is -3.15. The van der Waals surface area contributed by atoms with Crippen LogP contribution in [-0.4, -0.2) is 26.2 Å². The van der Waals surface area contributed by atoms with Crippen LogP contribution in [0.25, 0.3) is 22.2 Å². The zero-order chi connectivity index (χ0) is 23.7. The number of hydrogen-bond acceptors (Lipinski definition) is 4. The number of ether oxygens (including phenoxy) is 1. The standard InChI is InChI=1S/C26H34N4O2/c1-9-10-21(29-24(31)32-26(6,7)8)23-28-22(16-30(23)25(3,4)5)19-13-14-20-18(15-19)12-11-17(2)27-20/h9,11-16,21H,1,10H2,2-8H3,(H,29,31)/t21-/m0/s1. The number of nitrogens with one attached hydrogen (secondary N) is 1. The van der Waals surface area contributed by atoms with Gasteiger partial charge in [0.1, 0.15) is 11.4 Å². The molecule has 2 aromatic heterocycles. The lowest BCUT2D eigenvalue weighted by Gasteiger charge is -2.28. The SMILES string of the molecule is C=CC[C@H](NC(=O)OC(C)(C)C)c1nc(-c2ccc3nc(C)ccc3c2)cn1C(C)(C)C. The predicted molar refractivity (Wildman–Crippen MR) is 130 cm³/mol. The van der Waals surface area contributed by atoms with Crippen LogP contribution in [0.2, 0.25) is 0 Å². The van der Waals surface area contributed by atoms with Crippen LogP contribution >= 0.6 is 0 Å². The largest absolute Gasteiger partial charge is 0.444 e. The molecule has 0 radical (unpaired) electrons. The van der Waals surface area contributed by atoms with E-state index < -0.39 is 11.7 Å². The van der Waals surface area contributed by atoms with Crippen LogP contribution in [-0.2, 0) is 10.3 Å². The minimum atomic E-state index is -0.578. The molecule has 0 aliphatic carbocycles. The minimum Gasteiger partial charge on any atom is -0.444 e. The van der Waals surface area contributed by atoms with Gasteiger partial charge in [0.2, 0.25) is 0 Å². The Morgan fingerprint density at radius 3 is 2.50 bits per heavy atom. The van der Waals surface area contributed by atoms with Gasteiger partial charge in [0, 0.05) is 28.4 Å². The maximum atomic E-state index is 12.5. The fourth-order valence-corrected chi connectivity index (χ4v) is 3.55. The first kappa shape index (κ1) is 23.5. The van der Waals surface area contributed by atoms with E-state index >= 15 is 0 Å². The molecule has 0 aliphatic heterocycles. The molecule has 1 N–H and O–H groups in total. The number of carbonyl (C=O) groups is 1. The normalized spacial score (nSPS) is 13.1. The average Bonchev–Trinajstić information content (AvgIpc) is 3.11. The Kier molecular flexibility index (Phi) is 6.44. The number of rotatable bonds is 5. The van der Waals surface area contributed by atoms with Gasteiger partial charge in [-0.15, -0.1) is 6.58 Å². The summed E-state index contributed by atoms with van der Waals surface area (Å²) in [5, 5.41) is 4.04. The lowest BCUT2D eigenvalue weighted by atomic mass is 10.1. The zero-order valence-corrected chi connectivity index (χ0v) is 20.2. The molecule has 6 heteroatoms. The predicted octanol–water partition coefficient (Wildman–Crippen LogP) is 6.30. The molecule has 2 heterocycles. The van der Waals surface area contributed by atoms with Crippen molar-refractivity contribution in [3.8, 4) is 11.3 Å². The first-order valence-corrected chi connectivity index (χ1v) is 11.0. The van der Waals surface area contributed by atoms with Crippen molar-refractivity contribution in [3.63, 3.8) is 0 Å². The molecule has 0 aliphatic rings.